The van der Waals surface area contributed by atoms with E-state index < -0.39 is 0 Å². The van der Waals surface area contributed by atoms with Gasteiger partial charge in [0.1, 0.15) is 0 Å². The first-order valence-electron chi connectivity index (χ1n) is 5.49. The Bertz CT molecular complexity index is 346. The Labute approximate surface area is 94.8 Å². The second kappa shape index (κ2) is 4.39. The number of ether oxygens (including phenoxy) is 1. The minimum Gasteiger partial charge on any atom is -0.406 e. The van der Waals surface area contributed by atoms with Crippen molar-refractivity contribution in [1.82, 2.24) is 15.5 Å². The molecule has 1 saturated heterocycles. The van der Waals surface area contributed by atoms with E-state index in [-0.39, 0.29) is 11.6 Å². The van der Waals surface area contributed by atoms with Crippen LogP contribution in [-0.4, -0.2) is 36.0 Å². The lowest BCUT2D eigenvalue weighted by atomic mass is 10.0. The van der Waals surface area contributed by atoms with Crippen LogP contribution in [0.25, 0.3) is 0 Å². The van der Waals surface area contributed by atoms with Crippen molar-refractivity contribution in [2.75, 3.05) is 25.6 Å². The molecule has 1 aromatic heterocycles. The summed E-state index contributed by atoms with van der Waals surface area (Å²) in [7, 11) is 1.86. The van der Waals surface area contributed by atoms with Crippen LogP contribution in [0.15, 0.2) is 4.42 Å². The normalized spacial score (nSPS) is 26.9. The number of hydrogen-bond acceptors (Lipinski definition) is 6. The molecule has 2 unspecified atom stereocenters. The average molecular weight is 226 g/mol. The van der Waals surface area contributed by atoms with Gasteiger partial charge in [0.05, 0.1) is 18.2 Å². The highest BCUT2D eigenvalue weighted by molar-refractivity contribution is 5.24. The van der Waals surface area contributed by atoms with Gasteiger partial charge >= 0.3 is 6.01 Å². The van der Waals surface area contributed by atoms with E-state index in [0.717, 1.165) is 13.0 Å². The number of aromatic nitrogens is 2. The monoisotopic (exact) mass is 226 g/mol. The van der Waals surface area contributed by atoms with Crippen molar-refractivity contribution in [3.63, 3.8) is 0 Å². The molecule has 0 spiro atoms. The predicted octanol–water partition coefficient (Wildman–Crippen LogP) is 0.941. The molecule has 2 N–H and O–H groups in total. The molecule has 0 aromatic carbocycles. The zero-order valence-corrected chi connectivity index (χ0v) is 9.91. The van der Waals surface area contributed by atoms with Crippen LogP contribution in [0.2, 0.25) is 0 Å². The molecule has 6 heteroatoms. The van der Waals surface area contributed by atoms with E-state index in [1.165, 1.54) is 0 Å². The van der Waals surface area contributed by atoms with Gasteiger partial charge in [-0.1, -0.05) is 5.10 Å². The second-order valence-corrected chi connectivity index (χ2v) is 4.44. The fourth-order valence-corrected chi connectivity index (χ4v) is 1.61. The fraction of sp³-hybridized carbons (Fsp3) is 0.800. The standard InChI is InChI=1S/C10H18N4O2/c1-7(11-3)8-13-14-9(16-8)12-10(2)4-5-15-6-10/h7,11H,4-6H2,1-3H3,(H,12,14). The van der Waals surface area contributed by atoms with Crippen LogP contribution in [0.4, 0.5) is 6.01 Å². The summed E-state index contributed by atoms with van der Waals surface area (Å²) in [5, 5.41) is 14.2. The van der Waals surface area contributed by atoms with E-state index >= 15 is 0 Å². The SMILES string of the molecule is CNC(C)c1nnc(NC2(C)CCOC2)o1. The summed E-state index contributed by atoms with van der Waals surface area (Å²) < 4.78 is 10.9. The van der Waals surface area contributed by atoms with Crippen molar-refractivity contribution in [2.45, 2.75) is 31.8 Å². The molecule has 1 aromatic rings. The van der Waals surface area contributed by atoms with Crippen molar-refractivity contribution in [2.24, 2.45) is 0 Å². The van der Waals surface area contributed by atoms with E-state index in [2.05, 4.69) is 27.8 Å². The lowest BCUT2D eigenvalue weighted by molar-refractivity contribution is 0.184. The van der Waals surface area contributed by atoms with E-state index in [9.17, 15) is 0 Å². The van der Waals surface area contributed by atoms with E-state index in [0.29, 0.717) is 18.5 Å². The second-order valence-electron chi connectivity index (χ2n) is 4.44. The maximum absolute atomic E-state index is 5.51. The van der Waals surface area contributed by atoms with E-state index in [4.69, 9.17) is 9.15 Å². The molecule has 0 aliphatic carbocycles. The van der Waals surface area contributed by atoms with Crippen molar-refractivity contribution < 1.29 is 9.15 Å². The summed E-state index contributed by atoms with van der Waals surface area (Å²) in [5.74, 6) is 0.590. The molecule has 0 radical (unpaired) electrons. The molecular formula is C10H18N4O2. The molecule has 2 heterocycles. The molecular weight excluding hydrogens is 208 g/mol. The van der Waals surface area contributed by atoms with Crippen LogP contribution >= 0.6 is 0 Å². The molecule has 1 aliphatic rings. The zero-order valence-electron chi connectivity index (χ0n) is 9.91. The Morgan fingerprint density at radius 1 is 1.44 bits per heavy atom. The van der Waals surface area contributed by atoms with Gasteiger partial charge in [-0.15, -0.1) is 5.10 Å². The van der Waals surface area contributed by atoms with Crippen molar-refractivity contribution in [3.8, 4) is 0 Å². The Balaban J connectivity index is 2.02. The largest absolute Gasteiger partial charge is 0.406 e. The summed E-state index contributed by atoms with van der Waals surface area (Å²) >= 11 is 0. The van der Waals surface area contributed by atoms with E-state index in [1.807, 2.05) is 14.0 Å². The number of anilines is 1. The van der Waals surface area contributed by atoms with Crippen molar-refractivity contribution in [1.29, 1.82) is 0 Å². The van der Waals surface area contributed by atoms with Crippen LogP contribution in [0.1, 0.15) is 32.2 Å². The van der Waals surface area contributed by atoms with Gasteiger partial charge in [-0.25, -0.2) is 0 Å². The summed E-state index contributed by atoms with van der Waals surface area (Å²) in [6.45, 7) is 5.51. The highest BCUT2D eigenvalue weighted by Gasteiger charge is 2.31. The molecule has 1 aliphatic heterocycles. The topological polar surface area (TPSA) is 72.2 Å². The van der Waals surface area contributed by atoms with Gasteiger partial charge in [-0.3, -0.25) is 0 Å². The minimum absolute atomic E-state index is 0.0654. The Morgan fingerprint density at radius 3 is 2.88 bits per heavy atom. The summed E-state index contributed by atoms with van der Waals surface area (Å²) in [6, 6.07) is 0.529. The highest BCUT2D eigenvalue weighted by Crippen LogP contribution is 2.23. The Hall–Kier alpha value is -1.14. The molecule has 90 valence electrons. The third kappa shape index (κ3) is 2.33. The molecule has 16 heavy (non-hydrogen) atoms. The quantitative estimate of drug-likeness (QED) is 0.796. The van der Waals surface area contributed by atoms with Crippen LogP contribution in [0.5, 0.6) is 0 Å². The van der Waals surface area contributed by atoms with Crippen LogP contribution in [-0.2, 0) is 4.74 Å². The van der Waals surface area contributed by atoms with Crippen LogP contribution in [0.3, 0.4) is 0 Å². The lowest BCUT2D eigenvalue weighted by Crippen LogP contribution is -2.35. The van der Waals surface area contributed by atoms with Gasteiger partial charge in [-0.2, -0.15) is 0 Å². The van der Waals surface area contributed by atoms with Crippen molar-refractivity contribution in [3.05, 3.63) is 5.89 Å². The summed E-state index contributed by atoms with van der Waals surface area (Å²) in [5.41, 5.74) is -0.0906. The number of nitrogens with zero attached hydrogens (tertiary/aromatic N) is 2. The highest BCUT2D eigenvalue weighted by atomic mass is 16.5. The number of rotatable bonds is 4. The number of nitrogens with one attached hydrogen (secondary N) is 2. The molecule has 1 fully saturated rings. The first kappa shape index (κ1) is 11.3. The maximum atomic E-state index is 5.51. The van der Waals surface area contributed by atoms with E-state index in [1.54, 1.807) is 0 Å². The molecule has 0 saturated carbocycles. The average Bonchev–Trinajstić information content (AvgIpc) is 2.87. The Kier molecular flexibility index (Phi) is 3.11. The summed E-state index contributed by atoms with van der Waals surface area (Å²) in [4.78, 5) is 0. The van der Waals surface area contributed by atoms with Gasteiger partial charge < -0.3 is 19.8 Å². The maximum Gasteiger partial charge on any atom is 0.316 e. The van der Waals surface area contributed by atoms with Gasteiger partial charge in [0, 0.05) is 6.61 Å². The lowest BCUT2D eigenvalue weighted by Gasteiger charge is -2.21. The third-order valence-electron chi connectivity index (χ3n) is 2.87. The van der Waals surface area contributed by atoms with Crippen LogP contribution < -0.4 is 10.6 Å². The van der Waals surface area contributed by atoms with Gasteiger partial charge in [-0.05, 0) is 27.3 Å². The van der Waals surface area contributed by atoms with Crippen molar-refractivity contribution >= 4 is 6.01 Å². The molecule has 0 amide bonds. The third-order valence-corrected chi connectivity index (χ3v) is 2.87. The fourth-order valence-electron chi connectivity index (χ4n) is 1.61. The molecule has 2 rings (SSSR count). The first-order valence-corrected chi connectivity index (χ1v) is 5.49. The smallest absolute Gasteiger partial charge is 0.316 e. The zero-order chi connectivity index (χ0) is 11.6. The van der Waals surface area contributed by atoms with Gasteiger partial charge in [0.2, 0.25) is 5.89 Å². The van der Waals surface area contributed by atoms with Crippen LogP contribution in [0, 0.1) is 0 Å². The molecule has 2 atom stereocenters. The summed E-state index contributed by atoms with van der Waals surface area (Å²) in [6.07, 6.45) is 0.951. The molecule has 6 nitrogen and oxygen atoms in total. The first-order chi connectivity index (χ1) is 7.63. The number of hydrogen-bond donors (Lipinski definition) is 2. The van der Waals surface area contributed by atoms with Gasteiger partial charge in [0.15, 0.2) is 0 Å². The Morgan fingerprint density at radius 2 is 2.25 bits per heavy atom. The molecule has 0 bridgehead atoms. The van der Waals surface area contributed by atoms with Gasteiger partial charge in [0.25, 0.3) is 0 Å². The minimum atomic E-state index is -0.0906. The predicted molar refractivity (Wildman–Crippen MR) is 59.2 cm³/mol.